The van der Waals surface area contributed by atoms with Crippen molar-refractivity contribution < 1.29 is 8.42 Å². The number of aromatic nitrogens is 5. The predicted molar refractivity (Wildman–Crippen MR) is 86.4 cm³/mol. The fourth-order valence-corrected chi connectivity index (χ4v) is 4.32. The number of sulfonamides is 1. The SMILES string of the molecule is CC(C)[C@@H](Cn1ccnn1)NS(=O)(=O)c1cccc2nsnc12. The number of hydrogen-bond acceptors (Lipinski definition) is 7. The van der Waals surface area contributed by atoms with Crippen molar-refractivity contribution >= 4 is 32.8 Å². The highest BCUT2D eigenvalue weighted by Gasteiger charge is 2.25. The zero-order valence-electron chi connectivity index (χ0n) is 12.6. The van der Waals surface area contributed by atoms with Gasteiger partial charge in [0.2, 0.25) is 10.0 Å². The van der Waals surface area contributed by atoms with Gasteiger partial charge in [0.05, 0.1) is 24.5 Å². The van der Waals surface area contributed by atoms with E-state index in [0.717, 1.165) is 11.7 Å². The van der Waals surface area contributed by atoms with E-state index in [1.54, 1.807) is 35.3 Å². The van der Waals surface area contributed by atoms with E-state index in [4.69, 9.17) is 0 Å². The van der Waals surface area contributed by atoms with Crippen molar-refractivity contribution in [2.45, 2.75) is 31.3 Å². The molecule has 2 heterocycles. The molecule has 0 spiro atoms. The van der Waals surface area contributed by atoms with Gasteiger partial charge in [0, 0.05) is 12.2 Å². The summed E-state index contributed by atoms with van der Waals surface area (Å²) in [6.45, 7) is 4.31. The predicted octanol–water partition coefficient (Wildman–Crippen LogP) is 1.29. The fourth-order valence-electron chi connectivity index (χ4n) is 2.18. The Morgan fingerprint density at radius 1 is 1.30 bits per heavy atom. The Labute approximate surface area is 137 Å². The highest BCUT2D eigenvalue weighted by Crippen LogP contribution is 2.22. The largest absolute Gasteiger partial charge is 0.251 e. The van der Waals surface area contributed by atoms with E-state index in [2.05, 4.69) is 23.8 Å². The third kappa shape index (κ3) is 3.38. The van der Waals surface area contributed by atoms with Gasteiger partial charge in [0.1, 0.15) is 15.9 Å². The summed E-state index contributed by atoms with van der Waals surface area (Å²) in [5, 5.41) is 7.64. The van der Waals surface area contributed by atoms with Crippen molar-refractivity contribution in [3.63, 3.8) is 0 Å². The lowest BCUT2D eigenvalue weighted by atomic mass is 10.1. The van der Waals surface area contributed by atoms with Crippen LogP contribution in [0.1, 0.15) is 13.8 Å². The number of rotatable bonds is 6. The van der Waals surface area contributed by atoms with Crippen LogP contribution in [0.4, 0.5) is 0 Å². The van der Waals surface area contributed by atoms with E-state index in [0.29, 0.717) is 17.6 Å². The van der Waals surface area contributed by atoms with Crippen LogP contribution in [0.3, 0.4) is 0 Å². The second-order valence-corrected chi connectivity index (χ2v) is 7.70. The quantitative estimate of drug-likeness (QED) is 0.717. The molecule has 0 bridgehead atoms. The third-order valence-corrected chi connectivity index (χ3v) is 5.57. The summed E-state index contributed by atoms with van der Waals surface area (Å²) in [7, 11) is -3.71. The Hall–Kier alpha value is -1.91. The Morgan fingerprint density at radius 3 is 2.83 bits per heavy atom. The molecule has 2 aromatic heterocycles. The van der Waals surface area contributed by atoms with E-state index in [-0.39, 0.29) is 16.9 Å². The minimum atomic E-state index is -3.71. The maximum atomic E-state index is 12.8. The summed E-state index contributed by atoms with van der Waals surface area (Å²) in [5.74, 6) is 0.0849. The maximum absolute atomic E-state index is 12.8. The van der Waals surface area contributed by atoms with Crippen molar-refractivity contribution in [2.75, 3.05) is 0 Å². The molecule has 8 nitrogen and oxygen atoms in total. The molecule has 0 fully saturated rings. The van der Waals surface area contributed by atoms with Crippen LogP contribution in [-0.4, -0.2) is 38.2 Å². The zero-order chi connectivity index (χ0) is 16.4. The van der Waals surface area contributed by atoms with Gasteiger partial charge in [-0.1, -0.05) is 25.1 Å². The lowest BCUT2D eigenvalue weighted by Crippen LogP contribution is -2.41. The number of nitrogens with zero attached hydrogens (tertiary/aromatic N) is 5. The summed E-state index contributed by atoms with van der Waals surface area (Å²) in [6.07, 6.45) is 3.27. The van der Waals surface area contributed by atoms with Crippen LogP contribution in [-0.2, 0) is 16.6 Å². The van der Waals surface area contributed by atoms with Gasteiger partial charge < -0.3 is 0 Å². The van der Waals surface area contributed by atoms with Gasteiger partial charge in [0.15, 0.2) is 0 Å². The van der Waals surface area contributed by atoms with E-state index in [9.17, 15) is 8.42 Å². The maximum Gasteiger partial charge on any atom is 0.243 e. The van der Waals surface area contributed by atoms with Crippen LogP contribution in [0.5, 0.6) is 0 Å². The molecule has 0 aliphatic rings. The molecule has 1 N–H and O–H groups in total. The first-order valence-corrected chi connectivity index (χ1v) is 9.26. The normalized spacial score (nSPS) is 13.7. The third-order valence-electron chi connectivity index (χ3n) is 3.51. The monoisotopic (exact) mass is 352 g/mol. The number of benzene rings is 1. The lowest BCUT2D eigenvalue weighted by Gasteiger charge is -2.22. The molecule has 0 saturated carbocycles. The molecule has 3 rings (SSSR count). The molecule has 1 aromatic carbocycles. The van der Waals surface area contributed by atoms with Gasteiger partial charge in [-0.15, -0.1) is 5.10 Å². The highest BCUT2D eigenvalue weighted by molar-refractivity contribution is 7.89. The van der Waals surface area contributed by atoms with Crippen molar-refractivity contribution in [1.82, 2.24) is 28.5 Å². The molecule has 10 heteroatoms. The van der Waals surface area contributed by atoms with Crippen molar-refractivity contribution in [3.05, 3.63) is 30.6 Å². The Bertz CT molecular complexity index is 888. The van der Waals surface area contributed by atoms with Gasteiger partial charge in [-0.3, -0.25) is 4.68 Å². The molecule has 122 valence electrons. The first kappa shape index (κ1) is 16.0. The molecule has 0 saturated heterocycles. The first-order valence-electron chi connectivity index (χ1n) is 7.05. The second kappa shape index (κ2) is 6.30. The highest BCUT2D eigenvalue weighted by atomic mass is 32.2. The Kier molecular flexibility index (Phi) is 4.37. The van der Waals surface area contributed by atoms with Crippen LogP contribution >= 0.6 is 11.7 Å². The van der Waals surface area contributed by atoms with Gasteiger partial charge >= 0.3 is 0 Å². The van der Waals surface area contributed by atoms with Crippen molar-refractivity contribution in [3.8, 4) is 0 Å². The van der Waals surface area contributed by atoms with Crippen LogP contribution in [0.2, 0.25) is 0 Å². The molecular weight excluding hydrogens is 336 g/mol. The molecule has 0 aliphatic heterocycles. The smallest absolute Gasteiger partial charge is 0.243 e. The Balaban J connectivity index is 1.90. The van der Waals surface area contributed by atoms with E-state index < -0.39 is 10.0 Å². The summed E-state index contributed by atoms with van der Waals surface area (Å²) in [4.78, 5) is 0.146. The van der Waals surface area contributed by atoms with Crippen LogP contribution < -0.4 is 4.72 Å². The number of hydrogen-bond donors (Lipinski definition) is 1. The summed E-state index contributed by atoms with van der Waals surface area (Å²) < 4.78 is 38.1. The first-order chi connectivity index (χ1) is 11.0. The van der Waals surface area contributed by atoms with Crippen LogP contribution in [0.15, 0.2) is 35.5 Å². The van der Waals surface area contributed by atoms with Crippen LogP contribution in [0.25, 0.3) is 11.0 Å². The summed E-state index contributed by atoms with van der Waals surface area (Å²) in [5.41, 5.74) is 0.975. The van der Waals surface area contributed by atoms with Crippen molar-refractivity contribution in [2.24, 2.45) is 5.92 Å². The molecule has 0 unspecified atom stereocenters. The molecule has 23 heavy (non-hydrogen) atoms. The molecular formula is C13H16N6O2S2. The minimum absolute atomic E-state index is 0.0849. The van der Waals surface area contributed by atoms with Crippen molar-refractivity contribution in [1.29, 1.82) is 0 Å². The fraction of sp³-hybridized carbons (Fsp3) is 0.385. The lowest BCUT2D eigenvalue weighted by molar-refractivity contribution is 0.378. The standard InChI is InChI=1S/C13H16N6O2S2/c1-9(2)11(8-19-7-6-14-18-19)17-23(20,21)12-5-3-4-10-13(12)16-22-15-10/h3-7,9,11,17H,8H2,1-2H3/t11-/m1/s1. The second-order valence-electron chi connectivity index (χ2n) is 5.48. The number of fused-ring (bicyclic) bond motifs is 1. The molecule has 0 radical (unpaired) electrons. The molecule has 1 atom stereocenters. The van der Waals surface area contributed by atoms with E-state index in [1.807, 2.05) is 13.8 Å². The molecule has 0 amide bonds. The van der Waals surface area contributed by atoms with Gasteiger partial charge in [0.25, 0.3) is 0 Å². The zero-order valence-corrected chi connectivity index (χ0v) is 14.3. The van der Waals surface area contributed by atoms with E-state index >= 15 is 0 Å². The average molecular weight is 352 g/mol. The Morgan fingerprint density at radius 2 is 2.13 bits per heavy atom. The summed E-state index contributed by atoms with van der Waals surface area (Å²) in [6, 6.07) is 4.63. The van der Waals surface area contributed by atoms with Crippen LogP contribution in [0, 0.1) is 5.92 Å². The van der Waals surface area contributed by atoms with E-state index in [1.165, 1.54) is 0 Å². The topological polar surface area (TPSA) is 103 Å². The summed E-state index contributed by atoms with van der Waals surface area (Å²) >= 11 is 0.998. The van der Waals surface area contributed by atoms with Gasteiger partial charge in [-0.25, -0.2) is 13.1 Å². The number of nitrogens with one attached hydrogen (secondary N) is 1. The van der Waals surface area contributed by atoms with Gasteiger partial charge in [-0.05, 0) is 18.1 Å². The molecule has 0 aliphatic carbocycles. The minimum Gasteiger partial charge on any atom is -0.251 e. The molecule has 3 aromatic rings. The van der Waals surface area contributed by atoms with Gasteiger partial charge in [-0.2, -0.15) is 8.75 Å². The average Bonchev–Trinajstić information content (AvgIpc) is 3.16.